The van der Waals surface area contributed by atoms with Gasteiger partial charge >= 0.3 is 5.97 Å². The summed E-state index contributed by atoms with van der Waals surface area (Å²) in [5.41, 5.74) is 4.26. The minimum atomic E-state index is -0.657. The number of carbonyl (C=O) groups is 1. The van der Waals surface area contributed by atoms with Crippen LogP contribution in [0.5, 0.6) is 0 Å². The Hall–Kier alpha value is -1.10. The van der Waals surface area contributed by atoms with Crippen molar-refractivity contribution >= 4 is 17.6 Å². The molecule has 1 aromatic rings. The third-order valence-corrected chi connectivity index (χ3v) is 6.03. The van der Waals surface area contributed by atoms with E-state index < -0.39 is 5.97 Å². The molecule has 0 spiro atoms. The Labute approximate surface area is 128 Å². The predicted octanol–water partition coefficient (Wildman–Crippen LogP) is 2.89. The lowest BCUT2D eigenvalue weighted by Gasteiger charge is -2.34. The lowest BCUT2D eigenvalue weighted by molar-refractivity contribution is -0.147. The first-order chi connectivity index (χ1) is 10.1. The van der Waals surface area contributed by atoms with E-state index in [-0.39, 0.29) is 35.8 Å². The van der Waals surface area contributed by atoms with E-state index in [1.165, 1.54) is 0 Å². The fourth-order valence-electron chi connectivity index (χ4n) is 4.89. The molecule has 1 saturated heterocycles. The summed E-state index contributed by atoms with van der Waals surface area (Å²) in [5.74, 6) is 0.0897. The number of carboxylic acids is 1. The number of rotatable bonds is 2. The molecule has 3 fully saturated rings. The van der Waals surface area contributed by atoms with Crippen molar-refractivity contribution in [3.8, 4) is 0 Å². The summed E-state index contributed by atoms with van der Waals surface area (Å²) in [6.07, 6.45) is 1.11. The molecule has 2 N–H and O–H groups in total. The molecule has 5 heteroatoms. The van der Waals surface area contributed by atoms with E-state index in [1.54, 1.807) is 0 Å². The molecular formula is C16H18ClNO3. The quantitative estimate of drug-likeness (QED) is 0.882. The minimum Gasteiger partial charge on any atom is -0.481 e. The van der Waals surface area contributed by atoms with E-state index in [2.05, 4.69) is 12.4 Å². The summed E-state index contributed by atoms with van der Waals surface area (Å²) < 4.78 is 0. The largest absolute Gasteiger partial charge is 0.481 e. The van der Waals surface area contributed by atoms with Gasteiger partial charge in [0.15, 0.2) is 0 Å². The van der Waals surface area contributed by atoms with Gasteiger partial charge in [0.1, 0.15) is 0 Å². The average Bonchev–Trinajstić information content (AvgIpc) is 3.09. The summed E-state index contributed by atoms with van der Waals surface area (Å²) in [6.45, 7) is 2.05. The molecule has 3 aliphatic rings. The zero-order chi connectivity index (χ0) is 14.7. The number of aliphatic carboxylic acids is 1. The number of hydroxylamine groups is 1. The van der Waals surface area contributed by atoms with Crippen LogP contribution in [0.4, 0.5) is 0 Å². The Kier molecular flexibility index (Phi) is 3.03. The summed E-state index contributed by atoms with van der Waals surface area (Å²) in [7, 11) is 0. The molecule has 1 unspecified atom stereocenters. The van der Waals surface area contributed by atoms with Crippen molar-refractivity contribution in [1.82, 2.24) is 5.48 Å². The first kappa shape index (κ1) is 13.6. The van der Waals surface area contributed by atoms with Gasteiger partial charge in [0.2, 0.25) is 0 Å². The van der Waals surface area contributed by atoms with Crippen LogP contribution in [-0.2, 0) is 9.63 Å². The van der Waals surface area contributed by atoms with Gasteiger partial charge in [0, 0.05) is 10.9 Å². The summed E-state index contributed by atoms with van der Waals surface area (Å²) in [5, 5.41) is 10.2. The standard InChI is InChI=1S/C16H18ClNO3/c1-7-10-6-11(12(7)16(19)20)13-14(18-21-15(10)13)8-2-4-9(17)5-3-8/h2-5,7,10-15,18H,6H2,1H3,(H,19,20)/t7-,10+,11-,12+,13+,14?,15+/m0/s1. The van der Waals surface area contributed by atoms with Gasteiger partial charge in [-0.3, -0.25) is 9.63 Å². The second kappa shape index (κ2) is 4.70. The number of carboxylic acid groups (broad SMARTS) is 1. The molecule has 0 aromatic heterocycles. The molecule has 4 nitrogen and oxygen atoms in total. The molecule has 2 bridgehead atoms. The fourth-order valence-corrected chi connectivity index (χ4v) is 5.02. The normalized spacial score (nSPS) is 44.0. The highest BCUT2D eigenvalue weighted by molar-refractivity contribution is 6.30. The number of halogens is 1. The Balaban J connectivity index is 1.66. The van der Waals surface area contributed by atoms with Crippen molar-refractivity contribution in [3.05, 3.63) is 34.9 Å². The van der Waals surface area contributed by atoms with Crippen LogP contribution in [0, 0.1) is 29.6 Å². The van der Waals surface area contributed by atoms with E-state index in [4.69, 9.17) is 16.4 Å². The molecule has 0 radical (unpaired) electrons. The number of nitrogens with one attached hydrogen (secondary N) is 1. The molecule has 2 saturated carbocycles. The average molecular weight is 308 g/mol. The predicted molar refractivity (Wildman–Crippen MR) is 77.6 cm³/mol. The second-order valence-electron chi connectivity index (χ2n) is 6.59. The molecule has 0 amide bonds. The van der Waals surface area contributed by atoms with Gasteiger partial charge in [-0.25, -0.2) is 0 Å². The smallest absolute Gasteiger partial charge is 0.307 e. The fraction of sp³-hybridized carbons (Fsp3) is 0.562. The maximum Gasteiger partial charge on any atom is 0.307 e. The van der Waals surface area contributed by atoms with E-state index in [1.807, 2.05) is 24.3 Å². The highest BCUT2D eigenvalue weighted by Crippen LogP contribution is 2.61. The first-order valence-electron chi connectivity index (χ1n) is 7.47. The Morgan fingerprint density at radius 1 is 1.33 bits per heavy atom. The Morgan fingerprint density at radius 2 is 2.05 bits per heavy atom. The molecular weight excluding hydrogens is 290 g/mol. The van der Waals surface area contributed by atoms with Gasteiger partial charge in [-0.2, -0.15) is 5.48 Å². The van der Waals surface area contributed by atoms with Crippen LogP contribution in [0.3, 0.4) is 0 Å². The van der Waals surface area contributed by atoms with E-state index in [0.717, 1.165) is 12.0 Å². The number of hydrogen-bond donors (Lipinski definition) is 2. The summed E-state index contributed by atoms with van der Waals surface area (Å²) in [6, 6.07) is 7.80. The minimum absolute atomic E-state index is 0.0663. The van der Waals surface area contributed by atoms with Gasteiger partial charge in [-0.05, 0) is 41.9 Å². The van der Waals surface area contributed by atoms with Gasteiger partial charge in [0.25, 0.3) is 0 Å². The van der Waals surface area contributed by atoms with Crippen LogP contribution in [0.1, 0.15) is 24.9 Å². The highest BCUT2D eigenvalue weighted by atomic mass is 35.5. The number of benzene rings is 1. The summed E-state index contributed by atoms with van der Waals surface area (Å²) >= 11 is 5.95. The molecule has 7 atom stereocenters. The number of fused-ring (bicyclic) bond motifs is 5. The molecule has 4 rings (SSSR count). The molecule has 1 heterocycles. The van der Waals surface area contributed by atoms with E-state index in [9.17, 15) is 9.90 Å². The highest BCUT2D eigenvalue weighted by Gasteiger charge is 2.63. The monoisotopic (exact) mass is 307 g/mol. The van der Waals surface area contributed by atoms with E-state index >= 15 is 0 Å². The molecule has 1 aliphatic heterocycles. The van der Waals surface area contributed by atoms with Crippen LogP contribution < -0.4 is 5.48 Å². The van der Waals surface area contributed by atoms with Gasteiger partial charge in [-0.1, -0.05) is 30.7 Å². The zero-order valence-electron chi connectivity index (χ0n) is 11.7. The van der Waals surface area contributed by atoms with Crippen molar-refractivity contribution in [2.75, 3.05) is 0 Å². The number of hydrogen-bond acceptors (Lipinski definition) is 3. The topological polar surface area (TPSA) is 58.6 Å². The van der Waals surface area contributed by atoms with Crippen molar-refractivity contribution in [2.45, 2.75) is 25.5 Å². The van der Waals surface area contributed by atoms with Gasteiger partial charge < -0.3 is 5.11 Å². The molecule has 21 heavy (non-hydrogen) atoms. The molecule has 2 aliphatic carbocycles. The van der Waals surface area contributed by atoms with Crippen LogP contribution in [0.25, 0.3) is 0 Å². The van der Waals surface area contributed by atoms with Crippen molar-refractivity contribution in [1.29, 1.82) is 0 Å². The van der Waals surface area contributed by atoms with Crippen LogP contribution in [0.15, 0.2) is 24.3 Å². The van der Waals surface area contributed by atoms with Crippen molar-refractivity contribution in [3.63, 3.8) is 0 Å². The first-order valence-corrected chi connectivity index (χ1v) is 7.85. The molecule has 112 valence electrons. The lowest BCUT2D eigenvalue weighted by Crippen LogP contribution is -2.40. The third-order valence-electron chi connectivity index (χ3n) is 5.77. The van der Waals surface area contributed by atoms with Gasteiger partial charge in [0.05, 0.1) is 18.1 Å². The Morgan fingerprint density at radius 3 is 2.71 bits per heavy atom. The van der Waals surface area contributed by atoms with E-state index in [0.29, 0.717) is 10.9 Å². The third kappa shape index (κ3) is 1.86. The Bertz CT molecular complexity index is 575. The van der Waals surface area contributed by atoms with Crippen LogP contribution in [-0.4, -0.2) is 17.2 Å². The van der Waals surface area contributed by atoms with Crippen molar-refractivity contribution < 1.29 is 14.7 Å². The zero-order valence-corrected chi connectivity index (χ0v) is 12.5. The molecule has 1 aromatic carbocycles. The maximum atomic E-state index is 11.6. The van der Waals surface area contributed by atoms with Crippen LogP contribution in [0.2, 0.25) is 5.02 Å². The second-order valence-corrected chi connectivity index (χ2v) is 7.03. The maximum absolute atomic E-state index is 11.6. The van der Waals surface area contributed by atoms with Gasteiger partial charge in [-0.15, -0.1) is 0 Å². The summed E-state index contributed by atoms with van der Waals surface area (Å²) in [4.78, 5) is 17.4. The van der Waals surface area contributed by atoms with Crippen molar-refractivity contribution in [2.24, 2.45) is 29.6 Å². The lowest BCUT2D eigenvalue weighted by atomic mass is 9.70. The SMILES string of the molecule is C[C@H]1[C@H]2C[C@@H]([C@@H]1C(=O)O)[C@@H]1C(c3ccc(Cl)cc3)NO[C@H]21. The van der Waals surface area contributed by atoms with Crippen LogP contribution >= 0.6 is 11.6 Å².